The molecule has 4 nitrogen and oxygen atoms in total. The fourth-order valence-electron chi connectivity index (χ4n) is 1.91. The zero-order chi connectivity index (χ0) is 9.68. The lowest BCUT2D eigenvalue weighted by molar-refractivity contribution is -0.139. The molecular weight excluding hydrogens is 168 g/mol. The van der Waals surface area contributed by atoms with Gasteiger partial charge in [0.1, 0.15) is 0 Å². The summed E-state index contributed by atoms with van der Waals surface area (Å²) in [4.78, 5) is 12.6. The average Bonchev–Trinajstić information content (AvgIpc) is 2.08. The van der Waals surface area contributed by atoms with Crippen LogP contribution in [0.4, 0.5) is 0 Å². The van der Waals surface area contributed by atoms with Crippen LogP contribution >= 0.6 is 0 Å². The van der Waals surface area contributed by atoms with Gasteiger partial charge in [0.15, 0.2) is 0 Å². The van der Waals surface area contributed by atoms with E-state index in [4.69, 9.17) is 5.11 Å². The van der Waals surface area contributed by atoms with E-state index in [9.17, 15) is 4.79 Å². The van der Waals surface area contributed by atoms with Gasteiger partial charge in [-0.2, -0.15) is 0 Å². The minimum atomic E-state index is -0.719. The van der Waals surface area contributed by atoms with Gasteiger partial charge in [0.05, 0.1) is 6.54 Å². The van der Waals surface area contributed by atoms with E-state index in [1.807, 2.05) is 7.05 Å². The van der Waals surface area contributed by atoms with E-state index in [0.29, 0.717) is 6.04 Å². The van der Waals surface area contributed by atoms with Gasteiger partial charge in [-0.3, -0.25) is 9.69 Å². The number of hydrogen-bond donors (Lipinski definition) is 2. The molecular formula is C9H18N2O2. The van der Waals surface area contributed by atoms with Crippen molar-refractivity contribution in [2.75, 3.05) is 26.7 Å². The average molecular weight is 186 g/mol. The van der Waals surface area contributed by atoms with Crippen molar-refractivity contribution in [1.82, 2.24) is 10.2 Å². The molecule has 4 heteroatoms. The predicted octanol–water partition coefficient (Wildman–Crippen LogP) is 0.145. The van der Waals surface area contributed by atoms with Crippen molar-refractivity contribution in [2.24, 2.45) is 0 Å². The summed E-state index contributed by atoms with van der Waals surface area (Å²) in [5.74, 6) is -0.719. The maximum atomic E-state index is 10.6. The number of likely N-dealkylation sites (N-methyl/N-ethyl adjacent to an activating group) is 1. The molecule has 13 heavy (non-hydrogen) atoms. The number of nitrogens with zero attached hydrogens (tertiary/aromatic N) is 1. The Hall–Kier alpha value is -0.610. The summed E-state index contributed by atoms with van der Waals surface area (Å²) in [5, 5.41) is 11.8. The van der Waals surface area contributed by atoms with Crippen LogP contribution in [0.3, 0.4) is 0 Å². The van der Waals surface area contributed by atoms with Gasteiger partial charge >= 0.3 is 5.97 Å². The normalized spacial score (nSPS) is 24.5. The first-order valence-corrected chi connectivity index (χ1v) is 4.84. The molecule has 0 radical (unpaired) electrons. The summed E-state index contributed by atoms with van der Waals surface area (Å²) in [7, 11) is 1.91. The van der Waals surface area contributed by atoms with Gasteiger partial charge in [-0.05, 0) is 26.4 Å². The first-order chi connectivity index (χ1) is 6.24. The molecule has 1 rings (SSSR count). The monoisotopic (exact) mass is 186 g/mol. The molecule has 0 aliphatic carbocycles. The Labute approximate surface area is 78.9 Å². The predicted molar refractivity (Wildman–Crippen MR) is 50.8 cm³/mol. The number of rotatable bonds is 4. The first kappa shape index (κ1) is 10.5. The molecule has 1 saturated heterocycles. The number of piperidine rings is 1. The van der Waals surface area contributed by atoms with Crippen LogP contribution in [0.25, 0.3) is 0 Å². The second-order valence-electron chi connectivity index (χ2n) is 3.57. The van der Waals surface area contributed by atoms with Gasteiger partial charge in [-0.25, -0.2) is 0 Å². The molecule has 0 spiro atoms. The highest BCUT2D eigenvalue weighted by molar-refractivity contribution is 5.69. The third-order valence-electron chi connectivity index (χ3n) is 2.53. The van der Waals surface area contributed by atoms with Crippen LogP contribution in [0.5, 0.6) is 0 Å². The highest BCUT2D eigenvalue weighted by atomic mass is 16.4. The molecule has 0 aromatic heterocycles. The Morgan fingerprint density at radius 3 is 3.00 bits per heavy atom. The molecule has 1 aliphatic rings. The lowest BCUT2D eigenvalue weighted by atomic mass is 10.0. The van der Waals surface area contributed by atoms with Gasteiger partial charge in [-0.1, -0.05) is 6.42 Å². The number of likely N-dealkylation sites (tertiary alicyclic amines) is 1. The Morgan fingerprint density at radius 1 is 1.62 bits per heavy atom. The third-order valence-corrected chi connectivity index (χ3v) is 2.53. The minimum absolute atomic E-state index is 0.187. The largest absolute Gasteiger partial charge is 0.480 e. The second-order valence-corrected chi connectivity index (χ2v) is 3.57. The van der Waals surface area contributed by atoms with E-state index >= 15 is 0 Å². The molecule has 0 aromatic carbocycles. The molecule has 1 fully saturated rings. The Kier molecular flexibility index (Phi) is 4.18. The van der Waals surface area contributed by atoms with Crippen LogP contribution in [-0.2, 0) is 4.79 Å². The molecule has 1 unspecified atom stereocenters. The number of carbonyl (C=O) groups is 1. The Balaban J connectivity index is 2.41. The van der Waals surface area contributed by atoms with Crippen molar-refractivity contribution >= 4 is 5.97 Å². The quantitative estimate of drug-likeness (QED) is 0.656. The summed E-state index contributed by atoms with van der Waals surface area (Å²) < 4.78 is 0. The Bertz CT molecular complexity index is 171. The van der Waals surface area contributed by atoms with Crippen LogP contribution in [-0.4, -0.2) is 48.7 Å². The van der Waals surface area contributed by atoms with Crippen molar-refractivity contribution in [1.29, 1.82) is 0 Å². The van der Waals surface area contributed by atoms with Gasteiger partial charge in [0, 0.05) is 12.6 Å². The minimum Gasteiger partial charge on any atom is -0.480 e. The van der Waals surface area contributed by atoms with Crippen LogP contribution in [0.2, 0.25) is 0 Å². The topological polar surface area (TPSA) is 52.6 Å². The fraction of sp³-hybridized carbons (Fsp3) is 0.889. The number of nitrogens with one attached hydrogen (secondary N) is 1. The molecule has 0 saturated carbocycles. The van der Waals surface area contributed by atoms with E-state index < -0.39 is 5.97 Å². The molecule has 76 valence electrons. The molecule has 0 aromatic rings. The van der Waals surface area contributed by atoms with E-state index in [-0.39, 0.29) is 6.54 Å². The van der Waals surface area contributed by atoms with E-state index in [2.05, 4.69) is 10.2 Å². The summed E-state index contributed by atoms with van der Waals surface area (Å²) in [6.07, 6.45) is 3.48. The third kappa shape index (κ3) is 3.32. The molecule has 1 heterocycles. The van der Waals surface area contributed by atoms with Crippen molar-refractivity contribution < 1.29 is 9.90 Å². The molecule has 0 amide bonds. The molecule has 0 bridgehead atoms. The van der Waals surface area contributed by atoms with Gasteiger partial charge in [0.2, 0.25) is 0 Å². The summed E-state index contributed by atoms with van der Waals surface area (Å²) >= 11 is 0. The van der Waals surface area contributed by atoms with Crippen LogP contribution in [0, 0.1) is 0 Å². The van der Waals surface area contributed by atoms with Gasteiger partial charge in [0.25, 0.3) is 0 Å². The highest BCUT2D eigenvalue weighted by Crippen LogP contribution is 2.15. The second kappa shape index (κ2) is 5.19. The number of carboxylic acid groups (broad SMARTS) is 1. The molecule has 1 atom stereocenters. The summed E-state index contributed by atoms with van der Waals surface area (Å²) in [6.45, 7) is 2.01. The van der Waals surface area contributed by atoms with Crippen LogP contribution in [0.1, 0.15) is 19.3 Å². The number of hydrogen-bond acceptors (Lipinski definition) is 3. The van der Waals surface area contributed by atoms with E-state index in [1.54, 1.807) is 0 Å². The van der Waals surface area contributed by atoms with Crippen molar-refractivity contribution in [3.63, 3.8) is 0 Å². The van der Waals surface area contributed by atoms with Crippen LogP contribution < -0.4 is 5.32 Å². The molecule has 2 N–H and O–H groups in total. The highest BCUT2D eigenvalue weighted by Gasteiger charge is 2.22. The lowest BCUT2D eigenvalue weighted by Gasteiger charge is -2.34. The fourth-order valence-corrected chi connectivity index (χ4v) is 1.91. The van der Waals surface area contributed by atoms with Crippen molar-refractivity contribution in [2.45, 2.75) is 25.3 Å². The standard InChI is InChI=1S/C9H18N2O2/c1-10-6-8-4-2-3-5-11(8)7-9(12)13/h8,10H,2-7H2,1H3,(H,12,13). The first-order valence-electron chi connectivity index (χ1n) is 4.84. The van der Waals surface area contributed by atoms with Gasteiger partial charge in [-0.15, -0.1) is 0 Å². The lowest BCUT2D eigenvalue weighted by Crippen LogP contribution is -2.46. The number of aliphatic carboxylic acids is 1. The van der Waals surface area contributed by atoms with E-state index in [1.165, 1.54) is 6.42 Å². The maximum absolute atomic E-state index is 10.6. The van der Waals surface area contributed by atoms with E-state index in [0.717, 1.165) is 25.9 Å². The maximum Gasteiger partial charge on any atom is 0.317 e. The zero-order valence-electron chi connectivity index (χ0n) is 8.12. The van der Waals surface area contributed by atoms with Crippen molar-refractivity contribution in [3.05, 3.63) is 0 Å². The Morgan fingerprint density at radius 2 is 2.38 bits per heavy atom. The summed E-state index contributed by atoms with van der Waals surface area (Å²) in [6, 6.07) is 0.412. The van der Waals surface area contributed by atoms with Gasteiger partial charge < -0.3 is 10.4 Å². The molecule has 1 aliphatic heterocycles. The van der Waals surface area contributed by atoms with Crippen molar-refractivity contribution in [3.8, 4) is 0 Å². The number of carboxylic acids is 1. The SMILES string of the molecule is CNCC1CCCCN1CC(=O)O. The van der Waals surface area contributed by atoms with Crippen LogP contribution in [0.15, 0.2) is 0 Å². The zero-order valence-corrected chi connectivity index (χ0v) is 8.12. The summed E-state index contributed by atoms with van der Waals surface area (Å²) in [5.41, 5.74) is 0. The smallest absolute Gasteiger partial charge is 0.317 e.